The van der Waals surface area contributed by atoms with Crippen LogP contribution in [0.25, 0.3) is 21.9 Å². The zero-order valence-corrected chi connectivity index (χ0v) is 18.7. The van der Waals surface area contributed by atoms with Gasteiger partial charge in [-0.25, -0.2) is 4.98 Å². The predicted octanol–water partition coefficient (Wildman–Crippen LogP) is 5.76. The lowest BCUT2D eigenvalue weighted by molar-refractivity contribution is -0.145. The van der Waals surface area contributed by atoms with Crippen molar-refractivity contribution in [2.45, 2.75) is 19.4 Å². The highest BCUT2D eigenvalue weighted by Gasteiger charge is 2.15. The summed E-state index contributed by atoms with van der Waals surface area (Å²) >= 11 is 1.46. The van der Waals surface area contributed by atoms with Gasteiger partial charge in [0.25, 0.3) is 0 Å². The number of carbonyl (C=O) groups is 1. The molecule has 164 valence electrons. The average molecular weight is 450 g/mol. The van der Waals surface area contributed by atoms with Gasteiger partial charge in [-0.05, 0) is 24.3 Å². The summed E-state index contributed by atoms with van der Waals surface area (Å²) in [5.41, 5.74) is 2.53. The van der Waals surface area contributed by atoms with Crippen LogP contribution in [0.5, 0.6) is 11.5 Å². The molecule has 0 radical (unpaired) electrons. The Morgan fingerprint density at radius 1 is 1.00 bits per heavy atom. The van der Waals surface area contributed by atoms with E-state index in [0.29, 0.717) is 23.6 Å². The standard InChI is InChI=1S/C25H23NO5S/c1-28-22-10-6-9-20(24(22)29-2)25-26-18(16-32-25)15-30-23(27)14-12-19-11-13-21(31-19)17-7-4-3-5-8-17/h3-11,13,16H,12,14-15H2,1-2H3. The van der Waals surface area contributed by atoms with Crippen molar-refractivity contribution < 1.29 is 23.4 Å². The van der Waals surface area contributed by atoms with E-state index >= 15 is 0 Å². The van der Waals surface area contributed by atoms with Gasteiger partial charge < -0.3 is 18.6 Å². The number of ether oxygens (including phenoxy) is 3. The summed E-state index contributed by atoms with van der Waals surface area (Å²) < 4.78 is 22.1. The fourth-order valence-electron chi connectivity index (χ4n) is 3.27. The highest BCUT2D eigenvalue weighted by molar-refractivity contribution is 7.13. The number of thiazole rings is 1. The Kier molecular flexibility index (Phi) is 6.87. The lowest BCUT2D eigenvalue weighted by Crippen LogP contribution is -2.06. The van der Waals surface area contributed by atoms with Gasteiger partial charge >= 0.3 is 5.97 Å². The molecule has 0 saturated heterocycles. The molecule has 0 fully saturated rings. The molecule has 2 aromatic heterocycles. The minimum Gasteiger partial charge on any atom is -0.493 e. The number of para-hydroxylation sites is 1. The van der Waals surface area contributed by atoms with E-state index in [1.807, 2.05) is 66.0 Å². The second-order valence-corrected chi connectivity index (χ2v) is 7.84. The third-order valence-corrected chi connectivity index (χ3v) is 5.79. The number of furan rings is 1. The van der Waals surface area contributed by atoms with Crippen molar-refractivity contribution in [1.29, 1.82) is 0 Å². The molecule has 0 aliphatic rings. The monoisotopic (exact) mass is 449 g/mol. The highest BCUT2D eigenvalue weighted by Crippen LogP contribution is 2.39. The van der Waals surface area contributed by atoms with E-state index in [4.69, 9.17) is 18.6 Å². The largest absolute Gasteiger partial charge is 0.493 e. The smallest absolute Gasteiger partial charge is 0.306 e. The molecule has 0 saturated carbocycles. The number of benzene rings is 2. The van der Waals surface area contributed by atoms with Crippen molar-refractivity contribution in [3.63, 3.8) is 0 Å². The average Bonchev–Trinajstić information content (AvgIpc) is 3.51. The molecule has 0 unspecified atom stereocenters. The SMILES string of the molecule is COc1cccc(-c2nc(COC(=O)CCc3ccc(-c4ccccc4)o3)cs2)c1OC. The van der Waals surface area contributed by atoms with Crippen molar-refractivity contribution in [2.75, 3.05) is 14.2 Å². The first-order chi connectivity index (χ1) is 15.7. The predicted molar refractivity (Wildman–Crippen MR) is 123 cm³/mol. The van der Waals surface area contributed by atoms with Crippen LogP contribution in [0.2, 0.25) is 0 Å². The van der Waals surface area contributed by atoms with Crippen LogP contribution in [0, 0.1) is 0 Å². The van der Waals surface area contributed by atoms with Crippen LogP contribution in [0.1, 0.15) is 17.9 Å². The van der Waals surface area contributed by atoms with Crippen molar-refractivity contribution in [3.8, 4) is 33.4 Å². The normalized spacial score (nSPS) is 10.7. The third-order valence-electron chi connectivity index (χ3n) is 4.86. The molecule has 0 aliphatic carbocycles. The first kappa shape index (κ1) is 21.6. The number of hydrogen-bond acceptors (Lipinski definition) is 7. The number of aromatic nitrogens is 1. The molecule has 4 aromatic rings. The van der Waals surface area contributed by atoms with Gasteiger partial charge in [0.1, 0.15) is 23.1 Å². The molecule has 6 nitrogen and oxygen atoms in total. The lowest BCUT2D eigenvalue weighted by atomic mass is 10.2. The van der Waals surface area contributed by atoms with Gasteiger partial charge in [-0.15, -0.1) is 11.3 Å². The van der Waals surface area contributed by atoms with Crippen molar-refractivity contribution in [3.05, 3.63) is 77.5 Å². The first-order valence-electron chi connectivity index (χ1n) is 10.1. The number of aryl methyl sites for hydroxylation is 1. The van der Waals surface area contributed by atoms with Gasteiger partial charge in [0, 0.05) is 17.4 Å². The molecule has 7 heteroatoms. The fraction of sp³-hybridized carbons (Fsp3) is 0.200. The van der Waals surface area contributed by atoms with Crippen LogP contribution in [-0.4, -0.2) is 25.2 Å². The van der Waals surface area contributed by atoms with E-state index in [1.54, 1.807) is 14.2 Å². The highest BCUT2D eigenvalue weighted by atomic mass is 32.1. The molecule has 0 aliphatic heterocycles. The summed E-state index contributed by atoms with van der Waals surface area (Å²) in [5.74, 6) is 2.51. The van der Waals surface area contributed by atoms with Gasteiger partial charge in [0.15, 0.2) is 11.5 Å². The summed E-state index contributed by atoms with van der Waals surface area (Å²) in [6, 6.07) is 19.3. The van der Waals surface area contributed by atoms with E-state index < -0.39 is 0 Å². The molecule has 2 aromatic carbocycles. The Morgan fingerprint density at radius 2 is 1.84 bits per heavy atom. The number of carbonyl (C=O) groups excluding carboxylic acids is 1. The maximum atomic E-state index is 12.2. The van der Waals surface area contributed by atoms with Crippen molar-refractivity contribution in [2.24, 2.45) is 0 Å². The topological polar surface area (TPSA) is 70.8 Å². The van der Waals surface area contributed by atoms with Crippen LogP contribution < -0.4 is 9.47 Å². The Morgan fingerprint density at radius 3 is 2.62 bits per heavy atom. The van der Waals surface area contributed by atoms with Crippen LogP contribution >= 0.6 is 11.3 Å². The molecule has 0 atom stereocenters. The summed E-state index contributed by atoms with van der Waals surface area (Å²) in [4.78, 5) is 16.8. The molecule has 4 rings (SSSR count). The van der Waals surface area contributed by atoms with Gasteiger partial charge in [-0.1, -0.05) is 36.4 Å². The lowest BCUT2D eigenvalue weighted by Gasteiger charge is -2.10. The van der Waals surface area contributed by atoms with E-state index in [-0.39, 0.29) is 19.0 Å². The third kappa shape index (κ3) is 5.00. The minimum absolute atomic E-state index is 0.120. The number of esters is 1. The Balaban J connectivity index is 1.31. The zero-order chi connectivity index (χ0) is 22.3. The number of nitrogens with zero attached hydrogens (tertiary/aromatic N) is 1. The summed E-state index contributed by atoms with van der Waals surface area (Å²) in [6.45, 7) is 0.120. The Labute approximate surface area is 190 Å². The van der Waals surface area contributed by atoms with Crippen LogP contribution in [0.15, 0.2) is 70.5 Å². The summed E-state index contributed by atoms with van der Waals surface area (Å²) in [5, 5.41) is 2.65. The van der Waals surface area contributed by atoms with Crippen LogP contribution in [0.4, 0.5) is 0 Å². The quantitative estimate of drug-likeness (QED) is 0.302. The molecule has 0 bridgehead atoms. The minimum atomic E-state index is -0.295. The molecular weight excluding hydrogens is 426 g/mol. The van der Waals surface area contributed by atoms with E-state index in [9.17, 15) is 4.79 Å². The molecule has 32 heavy (non-hydrogen) atoms. The van der Waals surface area contributed by atoms with Crippen LogP contribution in [0.3, 0.4) is 0 Å². The molecular formula is C25H23NO5S. The van der Waals surface area contributed by atoms with E-state index in [2.05, 4.69) is 4.98 Å². The Bertz CT molecular complexity index is 1180. The van der Waals surface area contributed by atoms with Gasteiger partial charge in [-0.2, -0.15) is 0 Å². The van der Waals surface area contributed by atoms with Gasteiger partial charge in [-0.3, -0.25) is 4.79 Å². The van der Waals surface area contributed by atoms with Crippen molar-refractivity contribution in [1.82, 2.24) is 4.98 Å². The van der Waals surface area contributed by atoms with E-state index in [0.717, 1.165) is 27.7 Å². The number of rotatable bonds is 9. The maximum absolute atomic E-state index is 12.2. The molecule has 0 amide bonds. The first-order valence-corrected chi connectivity index (χ1v) is 11.0. The Hall–Kier alpha value is -3.58. The van der Waals surface area contributed by atoms with Crippen LogP contribution in [-0.2, 0) is 22.6 Å². The second-order valence-electron chi connectivity index (χ2n) is 6.98. The van der Waals surface area contributed by atoms with E-state index in [1.165, 1.54) is 11.3 Å². The molecule has 0 N–H and O–H groups in total. The molecule has 0 spiro atoms. The fourth-order valence-corrected chi connectivity index (χ4v) is 4.10. The van der Waals surface area contributed by atoms with Gasteiger partial charge in [0.2, 0.25) is 0 Å². The van der Waals surface area contributed by atoms with Gasteiger partial charge in [0.05, 0.1) is 31.9 Å². The number of hydrogen-bond donors (Lipinski definition) is 0. The molecule has 2 heterocycles. The summed E-state index contributed by atoms with van der Waals surface area (Å²) in [7, 11) is 3.19. The second kappa shape index (κ2) is 10.2. The zero-order valence-electron chi connectivity index (χ0n) is 17.9. The van der Waals surface area contributed by atoms with Crippen molar-refractivity contribution >= 4 is 17.3 Å². The summed E-state index contributed by atoms with van der Waals surface area (Å²) in [6.07, 6.45) is 0.720. The number of methoxy groups -OCH3 is 2. The maximum Gasteiger partial charge on any atom is 0.306 e.